The summed E-state index contributed by atoms with van der Waals surface area (Å²) in [6, 6.07) is 6.02. The van der Waals surface area contributed by atoms with Gasteiger partial charge in [0.2, 0.25) is 5.91 Å². The number of aliphatic hydroxyl groups is 1. The maximum atomic E-state index is 13.1. The third kappa shape index (κ3) is 4.86. The molecule has 3 N–H and O–H groups in total. The molecule has 3 amide bonds. The second kappa shape index (κ2) is 9.71. The number of nitrogens with zero attached hydrogens (tertiary/aromatic N) is 1. The first-order valence-corrected chi connectivity index (χ1v) is 9.76. The van der Waals surface area contributed by atoms with E-state index in [0.29, 0.717) is 10.6 Å². The van der Waals surface area contributed by atoms with Gasteiger partial charge in [-0.05, 0) is 31.2 Å². The minimum absolute atomic E-state index is 0.148. The smallest absolute Gasteiger partial charge is 0.479 e. The summed E-state index contributed by atoms with van der Waals surface area (Å²) in [4.78, 5) is 39.3. The highest BCUT2D eigenvalue weighted by atomic mass is 16.6. The number of hydrogen-bond acceptors (Lipinski definition) is 9. The molecule has 2 heterocycles. The number of carbonyl (C=O) groups excluding carboxylic acids is 3. The van der Waals surface area contributed by atoms with Gasteiger partial charge in [-0.25, -0.2) is 4.90 Å². The van der Waals surface area contributed by atoms with Gasteiger partial charge in [0.05, 0.1) is 38.3 Å². The van der Waals surface area contributed by atoms with Crippen LogP contribution in [-0.2, 0) is 19.1 Å². The molecule has 11 heteroatoms. The Kier molecular flexibility index (Phi) is 7.24. The summed E-state index contributed by atoms with van der Waals surface area (Å²) in [6.45, 7) is 0.718. The average Bonchev–Trinajstić information content (AvgIpc) is 3.18. The molecular weight excluding hydrogens is 409 g/mol. The molecule has 1 saturated heterocycles. The van der Waals surface area contributed by atoms with Gasteiger partial charge in [-0.3, -0.25) is 14.4 Å². The summed E-state index contributed by atoms with van der Waals surface area (Å²) in [7, 11) is -0.209. The average molecular weight is 433 g/mol. The van der Waals surface area contributed by atoms with Gasteiger partial charge in [0.1, 0.15) is 11.9 Å². The summed E-state index contributed by atoms with van der Waals surface area (Å²) in [6.07, 6.45) is -0.614. The van der Waals surface area contributed by atoms with E-state index in [9.17, 15) is 19.5 Å². The monoisotopic (exact) mass is 433 g/mol. The SMILES string of the molecule is COc1ccc(C(=O)N2C(=O)C(C)=CC(C3CC(OCB(O)O)C(CO)O3)C2=O)cc1. The number of methoxy groups -OCH3 is 1. The number of ether oxygens (including phenoxy) is 3. The minimum Gasteiger partial charge on any atom is -0.497 e. The van der Waals surface area contributed by atoms with Crippen molar-refractivity contribution in [2.75, 3.05) is 20.2 Å². The van der Waals surface area contributed by atoms with Gasteiger partial charge >= 0.3 is 7.12 Å². The van der Waals surface area contributed by atoms with Crippen molar-refractivity contribution in [3.05, 3.63) is 41.5 Å². The molecule has 1 aromatic carbocycles. The van der Waals surface area contributed by atoms with Crippen molar-refractivity contribution < 1.29 is 43.7 Å². The van der Waals surface area contributed by atoms with Crippen LogP contribution < -0.4 is 4.74 Å². The zero-order valence-electron chi connectivity index (χ0n) is 17.1. The first-order chi connectivity index (χ1) is 14.8. The van der Waals surface area contributed by atoms with Crippen molar-refractivity contribution >= 4 is 24.8 Å². The van der Waals surface area contributed by atoms with E-state index >= 15 is 0 Å². The highest BCUT2D eigenvalue weighted by molar-refractivity contribution is 6.40. The van der Waals surface area contributed by atoms with E-state index in [2.05, 4.69) is 0 Å². The van der Waals surface area contributed by atoms with Crippen molar-refractivity contribution in [1.29, 1.82) is 0 Å². The largest absolute Gasteiger partial charge is 0.497 e. The zero-order chi connectivity index (χ0) is 22.7. The summed E-state index contributed by atoms with van der Waals surface area (Å²) in [5, 5.41) is 27.6. The second-order valence-corrected chi connectivity index (χ2v) is 7.37. The molecule has 0 aliphatic carbocycles. The molecule has 1 fully saturated rings. The maximum absolute atomic E-state index is 13.1. The molecule has 10 nitrogen and oxygen atoms in total. The van der Waals surface area contributed by atoms with Gasteiger partial charge in [-0.1, -0.05) is 6.08 Å². The number of hydrogen-bond donors (Lipinski definition) is 3. The lowest BCUT2D eigenvalue weighted by molar-refractivity contribution is -0.145. The molecule has 166 valence electrons. The highest BCUT2D eigenvalue weighted by Gasteiger charge is 2.47. The number of rotatable bonds is 7. The molecule has 1 aromatic rings. The Hall–Kier alpha value is -2.57. The van der Waals surface area contributed by atoms with Gasteiger partial charge in [0.15, 0.2) is 0 Å². The van der Waals surface area contributed by atoms with Crippen molar-refractivity contribution in [2.45, 2.75) is 31.7 Å². The Morgan fingerprint density at radius 3 is 2.52 bits per heavy atom. The molecule has 4 unspecified atom stereocenters. The molecule has 0 radical (unpaired) electrons. The van der Waals surface area contributed by atoms with Gasteiger partial charge in [0, 0.05) is 17.6 Å². The lowest BCUT2D eigenvalue weighted by Gasteiger charge is -2.30. The van der Waals surface area contributed by atoms with E-state index in [1.54, 1.807) is 12.1 Å². The maximum Gasteiger partial charge on any atom is 0.479 e. The van der Waals surface area contributed by atoms with E-state index in [1.165, 1.54) is 32.2 Å². The minimum atomic E-state index is -1.69. The standard InChI is InChI=1S/C20H24BNO9/c1-11-7-14(15-8-16(17(9-23)31-15)30-10-21(27)28)20(26)22(18(11)24)19(25)12-3-5-13(29-2)6-4-12/h3-7,14-17,23,27-28H,8-10H2,1-2H3. The van der Waals surface area contributed by atoms with Gasteiger partial charge in [-0.2, -0.15) is 0 Å². The number of imide groups is 3. The molecule has 0 bridgehead atoms. The molecule has 31 heavy (non-hydrogen) atoms. The molecule has 0 spiro atoms. The summed E-state index contributed by atoms with van der Waals surface area (Å²) in [5.74, 6) is -2.63. The lowest BCUT2D eigenvalue weighted by Crippen LogP contribution is -2.50. The van der Waals surface area contributed by atoms with E-state index in [1.807, 2.05) is 0 Å². The van der Waals surface area contributed by atoms with E-state index in [4.69, 9.17) is 24.3 Å². The third-order valence-corrected chi connectivity index (χ3v) is 5.28. The highest BCUT2D eigenvalue weighted by Crippen LogP contribution is 2.33. The molecule has 4 atom stereocenters. The Labute approximate surface area is 179 Å². The number of aliphatic hydroxyl groups excluding tert-OH is 1. The van der Waals surface area contributed by atoms with Crippen molar-refractivity contribution in [3.8, 4) is 5.75 Å². The summed E-state index contributed by atoms with van der Waals surface area (Å²) in [5.41, 5.74) is 0.362. The molecule has 0 aromatic heterocycles. The molecular formula is C20H24BNO9. The first-order valence-electron chi connectivity index (χ1n) is 9.76. The normalized spacial score (nSPS) is 26.1. The fraction of sp³-hybridized carbons (Fsp3) is 0.450. The fourth-order valence-corrected chi connectivity index (χ4v) is 3.68. The Morgan fingerprint density at radius 2 is 1.94 bits per heavy atom. The van der Waals surface area contributed by atoms with Crippen molar-refractivity contribution in [2.24, 2.45) is 5.92 Å². The van der Waals surface area contributed by atoms with Crippen LogP contribution in [0, 0.1) is 5.92 Å². The van der Waals surface area contributed by atoms with Crippen LogP contribution in [0.15, 0.2) is 35.9 Å². The van der Waals surface area contributed by atoms with Crippen LogP contribution in [0.25, 0.3) is 0 Å². The Bertz CT molecular complexity index is 870. The van der Waals surface area contributed by atoms with E-state index < -0.39 is 55.7 Å². The van der Waals surface area contributed by atoms with Crippen LogP contribution in [0.1, 0.15) is 23.7 Å². The van der Waals surface area contributed by atoms with Crippen LogP contribution in [0.4, 0.5) is 0 Å². The zero-order valence-corrected chi connectivity index (χ0v) is 17.1. The van der Waals surface area contributed by atoms with Gasteiger partial charge in [-0.15, -0.1) is 0 Å². The van der Waals surface area contributed by atoms with Crippen molar-refractivity contribution in [3.63, 3.8) is 0 Å². The quantitative estimate of drug-likeness (QED) is 0.376. The van der Waals surface area contributed by atoms with Crippen LogP contribution in [0.2, 0.25) is 0 Å². The number of amides is 3. The van der Waals surface area contributed by atoms with E-state index in [0.717, 1.165) is 0 Å². The lowest BCUT2D eigenvalue weighted by atomic mass is 9.90. The van der Waals surface area contributed by atoms with Gasteiger partial charge in [0.25, 0.3) is 11.8 Å². The fourth-order valence-electron chi connectivity index (χ4n) is 3.68. The predicted octanol–water partition coefficient (Wildman–Crippen LogP) is -0.686. The number of carbonyl (C=O) groups is 3. The van der Waals surface area contributed by atoms with Crippen LogP contribution in [0.3, 0.4) is 0 Å². The molecule has 2 aliphatic rings. The summed E-state index contributed by atoms with van der Waals surface area (Å²) < 4.78 is 16.2. The van der Waals surface area contributed by atoms with Crippen LogP contribution in [-0.4, -0.2) is 83.4 Å². The predicted molar refractivity (Wildman–Crippen MR) is 107 cm³/mol. The van der Waals surface area contributed by atoms with Crippen molar-refractivity contribution in [1.82, 2.24) is 4.90 Å². The topological polar surface area (TPSA) is 143 Å². The molecule has 3 rings (SSSR count). The summed E-state index contributed by atoms with van der Waals surface area (Å²) >= 11 is 0. The molecule has 2 aliphatic heterocycles. The molecule has 0 saturated carbocycles. The second-order valence-electron chi connectivity index (χ2n) is 7.37. The Balaban J connectivity index is 1.81. The van der Waals surface area contributed by atoms with Crippen LogP contribution >= 0.6 is 0 Å². The van der Waals surface area contributed by atoms with Gasteiger partial charge < -0.3 is 29.4 Å². The Morgan fingerprint density at radius 1 is 1.26 bits per heavy atom. The third-order valence-electron chi connectivity index (χ3n) is 5.28. The van der Waals surface area contributed by atoms with Crippen LogP contribution in [0.5, 0.6) is 5.75 Å². The first kappa shape index (κ1) is 23.1. The van der Waals surface area contributed by atoms with E-state index in [-0.39, 0.29) is 24.1 Å². The number of benzene rings is 1.